The molecule has 1 N–H and O–H groups in total. The Hall–Kier alpha value is -3.54. The summed E-state index contributed by atoms with van der Waals surface area (Å²) in [4.78, 5) is 29.8. The SMILES string of the molecule is CCC(=O)N(C)c1ccc(-c2ccc(C(=O)CCc3ccc(C)nc3)cc2O)cc1F. The third-order valence-electron chi connectivity index (χ3n) is 5.23. The van der Waals surface area contributed by atoms with Gasteiger partial charge < -0.3 is 10.0 Å². The molecule has 0 aliphatic carbocycles. The zero-order valence-corrected chi connectivity index (χ0v) is 17.9. The Morgan fingerprint density at radius 2 is 1.87 bits per heavy atom. The van der Waals surface area contributed by atoms with E-state index >= 15 is 0 Å². The number of aryl methyl sites for hydroxylation is 2. The maximum Gasteiger partial charge on any atom is 0.226 e. The second kappa shape index (κ2) is 9.51. The molecular weight excluding hydrogens is 395 g/mol. The van der Waals surface area contributed by atoms with Crippen LogP contribution < -0.4 is 4.90 Å². The summed E-state index contributed by atoms with van der Waals surface area (Å²) in [5.74, 6) is -0.955. The van der Waals surface area contributed by atoms with Crippen LogP contribution in [-0.4, -0.2) is 28.8 Å². The number of phenols is 1. The number of amides is 1. The molecule has 0 aliphatic heterocycles. The largest absolute Gasteiger partial charge is 0.507 e. The highest BCUT2D eigenvalue weighted by atomic mass is 19.1. The molecular formula is C25H25FN2O3. The van der Waals surface area contributed by atoms with Crippen molar-refractivity contribution >= 4 is 17.4 Å². The molecule has 2 aromatic carbocycles. The number of Topliss-reactive ketones (excluding diaryl/α,β-unsaturated/α-hetero) is 1. The number of nitrogens with zero attached hydrogens (tertiary/aromatic N) is 2. The van der Waals surface area contributed by atoms with Gasteiger partial charge in [-0.3, -0.25) is 14.6 Å². The third-order valence-corrected chi connectivity index (χ3v) is 5.23. The highest BCUT2D eigenvalue weighted by Crippen LogP contribution is 2.33. The summed E-state index contributed by atoms with van der Waals surface area (Å²) in [6.07, 6.45) is 2.89. The van der Waals surface area contributed by atoms with E-state index in [-0.39, 0.29) is 29.5 Å². The van der Waals surface area contributed by atoms with Crippen LogP contribution in [0.4, 0.5) is 10.1 Å². The van der Waals surface area contributed by atoms with Crippen molar-refractivity contribution in [2.75, 3.05) is 11.9 Å². The van der Waals surface area contributed by atoms with Crippen LogP contribution in [0.3, 0.4) is 0 Å². The predicted octanol–water partition coefficient (Wildman–Crippen LogP) is 5.09. The van der Waals surface area contributed by atoms with Crippen molar-refractivity contribution in [2.24, 2.45) is 0 Å². The number of benzene rings is 2. The highest BCUT2D eigenvalue weighted by Gasteiger charge is 2.16. The lowest BCUT2D eigenvalue weighted by molar-refractivity contribution is -0.118. The fourth-order valence-corrected chi connectivity index (χ4v) is 3.32. The molecule has 0 radical (unpaired) electrons. The number of ketones is 1. The van der Waals surface area contributed by atoms with E-state index in [4.69, 9.17) is 0 Å². The van der Waals surface area contributed by atoms with Gasteiger partial charge in [0.25, 0.3) is 0 Å². The van der Waals surface area contributed by atoms with Gasteiger partial charge in [0.1, 0.15) is 11.6 Å². The number of phenolic OH excluding ortho intramolecular Hbond substituents is 1. The average Bonchev–Trinajstić information content (AvgIpc) is 2.77. The normalized spacial score (nSPS) is 10.7. The van der Waals surface area contributed by atoms with E-state index in [1.165, 1.54) is 30.1 Å². The van der Waals surface area contributed by atoms with Gasteiger partial charge in [-0.1, -0.05) is 25.1 Å². The number of carbonyl (C=O) groups excluding carboxylic acids is 2. The van der Waals surface area contributed by atoms with E-state index < -0.39 is 5.82 Å². The first-order valence-electron chi connectivity index (χ1n) is 10.1. The Labute approximate surface area is 181 Å². The quantitative estimate of drug-likeness (QED) is 0.541. The number of hydrogen-bond acceptors (Lipinski definition) is 4. The van der Waals surface area contributed by atoms with E-state index in [1.54, 1.807) is 31.3 Å². The Kier molecular flexibility index (Phi) is 6.80. The van der Waals surface area contributed by atoms with Crippen molar-refractivity contribution < 1.29 is 19.1 Å². The second-order valence-corrected chi connectivity index (χ2v) is 7.44. The number of aromatic nitrogens is 1. The van der Waals surface area contributed by atoms with Crippen molar-refractivity contribution in [3.63, 3.8) is 0 Å². The number of anilines is 1. The lowest BCUT2D eigenvalue weighted by Gasteiger charge is -2.18. The molecule has 0 aliphatic rings. The van der Waals surface area contributed by atoms with Gasteiger partial charge in [0.05, 0.1) is 5.69 Å². The van der Waals surface area contributed by atoms with Crippen LogP contribution in [0.2, 0.25) is 0 Å². The first-order valence-corrected chi connectivity index (χ1v) is 10.1. The molecule has 0 bridgehead atoms. The molecule has 0 spiro atoms. The van der Waals surface area contributed by atoms with Crippen LogP contribution in [0.25, 0.3) is 11.1 Å². The maximum absolute atomic E-state index is 14.6. The van der Waals surface area contributed by atoms with Gasteiger partial charge in [0.2, 0.25) is 5.91 Å². The summed E-state index contributed by atoms with van der Waals surface area (Å²) in [6.45, 7) is 3.62. The smallest absolute Gasteiger partial charge is 0.226 e. The fourth-order valence-electron chi connectivity index (χ4n) is 3.32. The zero-order valence-electron chi connectivity index (χ0n) is 17.9. The fraction of sp³-hybridized carbons (Fsp3) is 0.240. The van der Waals surface area contributed by atoms with Crippen molar-refractivity contribution in [3.8, 4) is 16.9 Å². The molecule has 3 rings (SSSR count). The number of pyridine rings is 1. The minimum Gasteiger partial charge on any atom is -0.507 e. The first-order chi connectivity index (χ1) is 14.8. The molecule has 6 heteroatoms. The molecule has 1 aromatic heterocycles. The van der Waals surface area contributed by atoms with Crippen molar-refractivity contribution in [3.05, 3.63) is 77.4 Å². The first kappa shape index (κ1) is 22.2. The molecule has 0 saturated carbocycles. The Bertz CT molecular complexity index is 1110. The monoisotopic (exact) mass is 420 g/mol. The molecule has 5 nitrogen and oxygen atoms in total. The number of aromatic hydroxyl groups is 1. The van der Waals surface area contributed by atoms with E-state index in [2.05, 4.69) is 4.98 Å². The van der Waals surface area contributed by atoms with Crippen LogP contribution in [0.15, 0.2) is 54.7 Å². The molecule has 0 saturated heterocycles. The lowest BCUT2D eigenvalue weighted by atomic mass is 9.98. The molecule has 0 atom stereocenters. The van der Waals surface area contributed by atoms with Crippen LogP contribution in [0.1, 0.15) is 41.4 Å². The van der Waals surface area contributed by atoms with Crippen LogP contribution in [0, 0.1) is 12.7 Å². The van der Waals surface area contributed by atoms with Crippen LogP contribution in [-0.2, 0) is 11.2 Å². The zero-order chi connectivity index (χ0) is 22.5. The molecule has 1 heterocycles. The second-order valence-electron chi connectivity index (χ2n) is 7.44. The number of halogens is 1. The summed E-state index contributed by atoms with van der Waals surface area (Å²) >= 11 is 0. The van der Waals surface area contributed by atoms with Crippen LogP contribution >= 0.6 is 0 Å². The van der Waals surface area contributed by atoms with Crippen molar-refractivity contribution in [1.82, 2.24) is 4.98 Å². The van der Waals surface area contributed by atoms with Gasteiger partial charge in [-0.05, 0) is 54.8 Å². The van der Waals surface area contributed by atoms with E-state index in [1.807, 2.05) is 19.1 Å². The summed E-state index contributed by atoms with van der Waals surface area (Å²) < 4.78 is 14.6. The number of hydrogen-bond donors (Lipinski definition) is 1. The highest BCUT2D eigenvalue weighted by molar-refractivity contribution is 5.97. The average molecular weight is 420 g/mol. The number of carbonyl (C=O) groups is 2. The molecule has 160 valence electrons. The summed E-state index contributed by atoms with van der Waals surface area (Å²) in [5, 5.41) is 10.5. The Balaban J connectivity index is 1.75. The van der Waals surface area contributed by atoms with Gasteiger partial charge in [-0.15, -0.1) is 0 Å². The van der Waals surface area contributed by atoms with E-state index in [0.29, 0.717) is 29.5 Å². The molecule has 3 aromatic rings. The third kappa shape index (κ3) is 5.15. The predicted molar refractivity (Wildman–Crippen MR) is 119 cm³/mol. The van der Waals surface area contributed by atoms with Gasteiger partial charge in [0, 0.05) is 42.9 Å². The lowest BCUT2D eigenvalue weighted by Crippen LogP contribution is -2.25. The van der Waals surface area contributed by atoms with E-state index in [0.717, 1.165) is 11.3 Å². The summed E-state index contributed by atoms with van der Waals surface area (Å²) in [5.41, 5.74) is 3.33. The van der Waals surface area contributed by atoms with Gasteiger partial charge in [-0.2, -0.15) is 0 Å². The maximum atomic E-state index is 14.6. The van der Waals surface area contributed by atoms with Gasteiger partial charge in [-0.25, -0.2) is 4.39 Å². The Morgan fingerprint density at radius 3 is 2.48 bits per heavy atom. The summed E-state index contributed by atoms with van der Waals surface area (Å²) in [6, 6.07) is 12.9. The topological polar surface area (TPSA) is 70.5 Å². The van der Waals surface area contributed by atoms with Crippen molar-refractivity contribution in [2.45, 2.75) is 33.1 Å². The molecule has 0 fully saturated rings. The van der Waals surface area contributed by atoms with Gasteiger partial charge in [0.15, 0.2) is 5.78 Å². The van der Waals surface area contributed by atoms with Crippen LogP contribution in [0.5, 0.6) is 5.75 Å². The minimum atomic E-state index is -0.562. The Morgan fingerprint density at radius 1 is 1.10 bits per heavy atom. The van der Waals surface area contributed by atoms with Crippen molar-refractivity contribution in [1.29, 1.82) is 0 Å². The number of rotatable bonds is 7. The molecule has 0 unspecified atom stereocenters. The molecule has 1 amide bonds. The molecule has 31 heavy (non-hydrogen) atoms. The standard InChI is InChI=1S/C25H25FN2O3/c1-4-25(31)28(3)22-11-9-18(13-21(22)26)20-10-8-19(14-24(20)30)23(29)12-7-17-6-5-16(2)27-15-17/h5-6,8-11,13-15,30H,4,7,12H2,1-3H3. The van der Waals surface area contributed by atoms with Gasteiger partial charge >= 0.3 is 0 Å². The van der Waals surface area contributed by atoms with E-state index in [9.17, 15) is 19.1 Å². The summed E-state index contributed by atoms with van der Waals surface area (Å²) in [7, 11) is 1.52. The minimum absolute atomic E-state index is 0.0938.